The number of hydrogen-bond acceptors (Lipinski definition) is 5. The van der Waals surface area contributed by atoms with Gasteiger partial charge in [-0.1, -0.05) is 393 Å². The Morgan fingerprint density at radius 3 is 0.722 bits per heavy atom. The average Bonchev–Trinajstić information content (AvgIpc) is 3.62. The minimum atomic E-state index is -0.777. The van der Waals surface area contributed by atoms with Crippen LogP contribution >= 0.6 is 0 Å². The van der Waals surface area contributed by atoms with Gasteiger partial charge in [0.1, 0.15) is 6.61 Å². The molecule has 0 heterocycles. The maximum Gasteiger partial charge on any atom is 0.306 e. The summed E-state index contributed by atoms with van der Waals surface area (Å²) in [5.74, 6) is -0.574. The third kappa shape index (κ3) is 77.0. The Hall–Kier alpha value is -3.44. The van der Waals surface area contributed by atoms with Gasteiger partial charge in [0, 0.05) is 12.8 Å². The fourth-order valence-corrected chi connectivity index (χ4v) is 11.7. The van der Waals surface area contributed by atoms with Gasteiger partial charge in [0.2, 0.25) is 0 Å². The Morgan fingerprint density at radius 2 is 0.478 bits per heavy atom. The molecule has 0 fully saturated rings. The highest BCUT2D eigenvalue weighted by atomic mass is 16.6. The number of rotatable bonds is 73. The molecule has 0 radical (unpaired) electrons. The molecule has 0 amide bonds. The summed E-state index contributed by atoms with van der Waals surface area (Å²) in [5.41, 5.74) is 0. The number of carbonyl (C=O) groups is 2. The molecule has 5 heteroatoms. The quantitative estimate of drug-likeness (QED) is 0.0373. The van der Waals surface area contributed by atoms with Crippen molar-refractivity contribution in [1.82, 2.24) is 0 Å². The standard InChI is InChI=1S/C85H150O5/c1-3-5-7-9-11-13-15-17-19-21-23-25-27-29-31-33-35-37-39-41-42-44-45-47-49-51-53-55-57-59-61-63-65-67-69-71-73-75-77-79-84(87)89-82-83(81-86)90-85(88)80-78-76-74-72-70-68-66-64-62-60-58-56-54-52-50-48-46-43-40-38-36-34-32-30-28-26-24-22-20-18-16-14-12-10-8-6-4-2/h6,8,12,14-15,17-18,20-21,23-24,26,30,32,36,38,43,46,83,86H,3-5,7,9-11,13,16,19,22,25,27-29,31,33-35,37,39-42,44-45,47-82H2,1-2H3/b8-6-,14-12-,17-15-,20-18-,23-21-,26-24-,32-30-,38-36-,46-43-. The average molecular weight is 1250 g/mol. The lowest BCUT2D eigenvalue weighted by Gasteiger charge is -2.15. The van der Waals surface area contributed by atoms with Crippen molar-refractivity contribution in [3.05, 3.63) is 109 Å². The van der Waals surface area contributed by atoms with Crippen molar-refractivity contribution in [3.63, 3.8) is 0 Å². The van der Waals surface area contributed by atoms with E-state index in [4.69, 9.17) is 9.47 Å². The molecule has 0 aliphatic rings. The van der Waals surface area contributed by atoms with E-state index in [1.165, 1.54) is 283 Å². The molecule has 1 unspecified atom stereocenters. The molecule has 0 aliphatic heterocycles. The van der Waals surface area contributed by atoms with Crippen LogP contribution in [0.15, 0.2) is 109 Å². The number of aliphatic hydroxyl groups is 1. The lowest BCUT2D eigenvalue weighted by molar-refractivity contribution is -0.161. The Labute approximate surface area is 561 Å². The summed E-state index contributed by atoms with van der Waals surface area (Å²) in [4.78, 5) is 24.7. The number of unbranched alkanes of at least 4 members (excludes halogenated alkanes) is 47. The van der Waals surface area contributed by atoms with Gasteiger partial charge in [0.05, 0.1) is 6.61 Å². The fourth-order valence-electron chi connectivity index (χ4n) is 11.7. The smallest absolute Gasteiger partial charge is 0.306 e. The van der Waals surface area contributed by atoms with Gasteiger partial charge in [-0.3, -0.25) is 9.59 Å². The predicted molar refractivity (Wildman–Crippen MR) is 399 cm³/mol. The second kappa shape index (κ2) is 79.8. The number of esters is 2. The van der Waals surface area contributed by atoms with Gasteiger partial charge >= 0.3 is 11.9 Å². The van der Waals surface area contributed by atoms with Crippen LogP contribution in [0.1, 0.15) is 399 Å². The fraction of sp³-hybridized carbons (Fsp3) is 0.765. The lowest BCUT2D eigenvalue weighted by atomic mass is 10.0. The van der Waals surface area contributed by atoms with Crippen LogP contribution in [0.25, 0.3) is 0 Å². The van der Waals surface area contributed by atoms with Crippen LogP contribution in [0.4, 0.5) is 0 Å². The molecule has 5 nitrogen and oxygen atoms in total. The number of ether oxygens (including phenoxy) is 2. The van der Waals surface area contributed by atoms with Crippen LogP contribution in [0.3, 0.4) is 0 Å². The van der Waals surface area contributed by atoms with Crippen molar-refractivity contribution in [1.29, 1.82) is 0 Å². The first-order chi connectivity index (χ1) is 44.6. The molecule has 0 aromatic carbocycles. The third-order valence-electron chi connectivity index (χ3n) is 17.6. The SMILES string of the molecule is CC/C=C\C/C=C\C/C=C\C/C=C\C/C=C\C/C=C\C/C=C\CCCCCCCCCCCCCCCCCC(=O)OC(CO)COC(=O)CCCCCCCCCCCCCCCCCCCCCCCCCCCCC/C=C\C/C=C\CCCCCCC. The molecular formula is C85H150O5. The van der Waals surface area contributed by atoms with E-state index in [0.29, 0.717) is 12.8 Å². The van der Waals surface area contributed by atoms with Crippen LogP contribution in [-0.2, 0) is 19.1 Å². The summed E-state index contributed by atoms with van der Waals surface area (Å²) in [6, 6.07) is 0. The number of hydrogen-bond donors (Lipinski definition) is 1. The lowest BCUT2D eigenvalue weighted by Crippen LogP contribution is -2.28. The highest BCUT2D eigenvalue weighted by molar-refractivity contribution is 5.70. The van der Waals surface area contributed by atoms with Gasteiger partial charge in [-0.15, -0.1) is 0 Å². The van der Waals surface area contributed by atoms with Gasteiger partial charge in [-0.05, 0) is 103 Å². The largest absolute Gasteiger partial charge is 0.462 e. The second-order valence-electron chi connectivity index (χ2n) is 26.4. The molecule has 0 saturated heterocycles. The van der Waals surface area contributed by atoms with Crippen LogP contribution in [0.2, 0.25) is 0 Å². The van der Waals surface area contributed by atoms with Gasteiger partial charge in [0.25, 0.3) is 0 Å². The molecule has 0 aromatic rings. The van der Waals surface area contributed by atoms with Crippen LogP contribution in [0, 0.1) is 0 Å². The van der Waals surface area contributed by atoms with Crippen molar-refractivity contribution in [3.8, 4) is 0 Å². The zero-order valence-electron chi connectivity index (χ0n) is 59.9. The highest BCUT2D eigenvalue weighted by Gasteiger charge is 2.16. The first-order valence-electron chi connectivity index (χ1n) is 39.4. The Bertz CT molecular complexity index is 1710. The first kappa shape index (κ1) is 86.6. The van der Waals surface area contributed by atoms with E-state index in [-0.39, 0.29) is 25.2 Å². The summed E-state index contributed by atoms with van der Waals surface area (Å²) in [6.07, 6.45) is 116. The van der Waals surface area contributed by atoms with Crippen molar-refractivity contribution in [2.45, 2.75) is 405 Å². The van der Waals surface area contributed by atoms with Crippen LogP contribution in [0.5, 0.6) is 0 Å². The molecule has 0 aliphatic carbocycles. The molecule has 520 valence electrons. The van der Waals surface area contributed by atoms with E-state index in [9.17, 15) is 14.7 Å². The Kier molecular flexibility index (Phi) is 76.7. The second-order valence-corrected chi connectivity index (χ2v) is 26.4. The molecule has 0 rings (SSSR count). The van der Waals surface area contributed by atoms with Crippen LogP contribution < -0.4 is 0 Å². The third-order valence-corrected chi connectivity index (χ3v) is 17.6. The summed E-state index contributed by atoms with van der Waals surface area (Å²) in [6.45, 7) is 4.06. The van der Waals surface area contributed by atoms with E-state index in [0.717, 1.165) is 89.9 Å². The predicted octanol–water partition coefficient (Wildman–Crippen LogP) is 27.9. The van der Waals surface area contributed by atoms with E-state index in [1.54, 1.807) is 0 Å². The molecule has 0 spiro atoms. The number of aliphatic hydroxyl groups excluding tert-OH is 1. The maximum atomic E-state index is 12.4. The molecule has 0 aromatic heterocycles. The zero-order chi connectivity index (χ0) is 64.7. The molecular weight excluding hydrogens is 1100 g/mol. The van der Waals surface area contributed by atoms with Gasteiger partial charge in [-0.25, -0.2) is 0 Å². The normalized spacial score (nSPS) is 12.8. The number of carbonyl (C=O) groups excluding carboxylic acids is 2. The van der Waals surface area contributed by atoms with Crippen molar-refractivity contribution < 1.29 is 24.2 Å². The van der Waals surface area contributed by atoms with Gasteiger partial charge in [-0.2, -0.15) is 0 Å². The first-order valence-corrected chi connectivity index (χ1v) is 39.4. The van der Waals surface area contributed by atoms with Gasteiger partial charge < -0.3 is 14.6 Å². The molecule has 0 bridgehead atoms. The summed E-state index contributed by atoms with van der Waals surface area (Å²) in [7, 11) is 0. The minimum absolute atomic E-state index is 0.0646. The van der Waals surface area contributed by atoms with Crippen molar-refractivity contribution in [2.75, 3.05) is 13.2 Å². The Morgan fingerprint density at radius 1 is 0.267 bits per heavy atom. The summed E-state index contributed by atoms with van der Waals surface area (Å²) < 4.78 is 10.8. The van der Waals surface area contributed by atoms with Gasteiger partial charge in [0.15, 0.2) is 6.10 Å². The van der Waals surface area contributed by atoms with Crippen molar-refractivity contribution in [2.24, 2.45) is 0 Å². The minimum Gasteiger partial charge on any atom is -0.462 e. The zero-order valence-corrected chi connectivity index (χ0v) is 59.9. The maximum absolute atomic E-state index is 12.4. The highest BCUT2D eigenvalue weighted by Crippen LogP contribution is 2.19. The van der Waals surface area contributed by atoms with E-state index in [1.807, 2.05) is 0 Å². The molecule has 0 saturated carbocycles. The Balaban J connectivity index is 3.42. The van der Waals surface area contributed by atoms with E-state index >= 15 is 0 Å². The summed E-state index contributed by atoms with van der Waals surface area (Å²) >= 11 is 0. The topological polar surface area (TPSA) is 72.8 Å². The molecule has 1 atom stereocenters. The van der Waals surface area contributed by atoms with Crippen LogP contribution in [-0.4, -0.2) is 36.4 Å². The summed E-state index contributed by atoms with van der Waals surface area (Å²) in [5, 5.41) is 9.73. The number of allylic oxidation sites excluding steroid dienone is 18. The molecule has 90 heavy (non-hydrogen) atoms. The molecule has 1 N–H and O–H groups in total. The van der Waals surface area contributed by atoms with E-state index < -0.39 is 6.10 Å². The monoisotopic (exact) mass is 1250 g/mol. The van der Waals surface area contributed by atoms with E-state index in [2.05, 4.69) is 123 Å². The van der Waals surface area contributed by atoms with Crippen molar-refractivity contribution >= 4 is 11.9 Å².